The third kappa shape index (κ3) is 4.13. The molecule has 2 amide bonds. The number of primary amides is 1. The summed E-state index contributed by atoms with van der Waals surface area (Å²) in [5, 5.41) is 5.10. The lowest BCUT2D eigenvalue weighted by Gasteiger charge is -2.17. The van der Waals surface area contributed by atoms with Gasteiger partial charge in [0.25, 0.3) is 0 Å². The van der Waals surface area contributed by atoms with Gasteiger partial charge in [-0.25, -0.2) is 0 Å². The van der Waals surface area contributed by atoms with Crippen LogP contribution in [0.3, 0.4) is 0 Å². The number of benzene rings is 2. The van der Waals surface area contributed by atoms with Crippen molar-refractivity contribution in [2.45, 2.75) is 44.6 Å². The van der Waals surface area contributed by atoms with Crippen molar-refractivity contribution in [3.8, 4) is 0 Å². The summed E-state index contributed by atoms with van der Waals surface area (Å²) in [6.45, 7) is 0. The molecular formula is C20H24N2O2. The van der Waals surface area contributed by atoms with E-state index >= 15 is 0 Å². The van der Waals surface area contributed by atoms with Crippen LogP contribution in [0.25, 0.3) is 10.8 Å². The Morgan fingerprint density at radius 1 is 1.08 bits per heavy atom. The maximum Gasteiger partial charge on any atom is 0.240 e. The second-order valence-corrected chi connectivity index (χ2v) is 6.76. The van der Waals surface area contributed by atoms with Gasteiger partial charge in [-0.2, -0.15) is 0 Å². The molecule has 3 N–H and O–H groups in total. The van der Waals surface area contributed by atoms with E-state index in [9.17, 15) is 9.59 Å². The third-order valence-corrected chi connectivity index (χ3v) is 4.88. The van der Waals surface area contributed by atoms with E-state index in [1.54, 1.807) is 0 Å². The molecule has 0 aromatic heterocycles. The second-order valence-electron chi connectivity index (χ2n) is 6.76. The molecule has 126 valence electrons. The fraction of sp³-hybridized carbons (Fsp3) is 0.400. The van der Waals surface area contributed by atoms with Crippen molar-refractivity contribution >= 4 is 22.6 Å². The van der Waals surface area contributed by atoms with Gasteiger partial charge in [-0.1, -0.05) is 55.3 Å². The maximum atomic E-state index is 12.2. The van der Waals surface area contributed by atoms with Crippen molar-refractivity contribution < 1.29 is 9.59 Å². The molecular weight excluding hydrogens is 300 g/mol. The van der Waals surface area contributed by atoms with Crippen LogP contribution in [0, 0.1) is 5.92 Å². The summed E-state index contributed by atoms with van der Waals surface area (Å²) in [6, 6.07) is 13.5. The van der Waals surface area contributed by atoms with Crippen LogP contribution in [0.5, 0.6) is 0 Å². The van der Waals surface area contributed by atoms with Crippen LogP contribution in [0.2, 0.25) is 0 Å². The Kier molecular flexibility index (Phi) is 5.14. The number of fused-ring (bicyclic) bond motifs is 1. The van der Waals surface area contributed by atoms with Crippen LogP contribution in [0.15, 0.2) is 42.5 Å². The van der Waals surface area contributed by atoms with Crippen molar-refractivity contribution in [1.29, 1.82) is 0 Å². The first-order valence-electron chi connectivity index (χ1n) is 8.68. The molecule has 0 bridgehead atoms. The van der Waals surface area contributed by atoms with Gasteiger partial charge < -0.3 is 11.1 Å². The Labute approximate surface area is 142 Å². The SMILES string of the molecule is NC(=O)[C@@H](Cc1ccc2ccccc2c1)NC(=O)CC1CCCC1. The van der Waals surface area contributed by atoms with Gasteiger partial charge >= 0.3 is 0 Å². The number of rotatable bonds is 6. The van der Waals surface area contributed by atoms with Crippen molar-refractivity contribution in [3.63, 3.8) is 0 Å². The summed E-state index contributed by atoms with van der Waals surface area (Å²) >= 11 is 0. The summed E-state index contributed by atoms with van der Waals surface area (Å²) in [6.07, 6.45) is 5.55. The molecule has 4 nitrogen and oxygen atoms in total. The Balaban J connectivity index is 1.66. The van der Waals surface area contributed by atoms with Gasteiger partial charge in [0.15, 0.2) is 0 Å². The zero-order chi connectivity index (χ0) is 16.9. The second kappa shape index (κ2) is 7.47. The number of nitrogens with two attached hydrogens (primary N) is 1. The molecule has 4 heteroatoms. The minimum atomic E-state index is -0.653. The number of hydrogen-bond donors (Lipinski definition) is 2. The Hall–Kier alpha value is -2.36. The average Bonchev–Trinajstić information content (AvgIpc) is 3.07. The molecule has 2 aromatic rings. The molecule has 1 aliphatic carbocycles. The van der Waals surface area contributed by atoms with Crippen molar-refractivity contribution in [2.75, 3.05) is 0 Å². The summed E-state index contributed by atoms with van der Waals surface area (Å²) in [5.41, 5.74) is 6.50. The first-order valence-corrected chi connectivity index (χ1v) is 8.68. The van der Waals surface area contributed by atoms with E-state index in [1.165, 1.54) is 12.8 Å². The van der Waals surface area contributed by atoms with E-state index < -0.39 is 11.9 Å². The summed E-state index contributed by atoms with van der Waals surface area (Å²) in [5.74, 6) is -0.0892. The van der Waals surface area contributed by atoms with Crippen molar-refractivity contribution in [1.82, 2.24) is 5.32 Å². The number of nitrogens with one attached hydrogen (secondary N) is 1. The molecule has 0 radical (unpaired) electrons. The molecule has 24 heavy (non-hydrogen) atoms. The minimum Gasteiger partial charge on any atom is -0.368 e. The van der Waals surface area contributed by atoms with E-state index in [-0.39, 0.29) is 5.91 Å². The predicted molar refractivity (Wildman–Crippen MR) is 95.4 cm³/mol. The Morgan fingerprint density at radius 3 is 2.50 bits per heavy atom. The maximum absolute atomic E-state index is 12.2. The molecule has 0 saturated heterocycles. The molecule has 2 aromatic carbocycles. The molecule has 1 atom stereocenters. The van der Waals surface area contributed by atoms with Crippen LogP contribution >= 0.6 is 0 Å². The number of carbonyl (C=O) groups is 2. The van der Waals surface area contributed by atoms with Crippen molar-refractivity contribution in [3.05, 3.63) is 48.0 Å². The van der Waals surface area contributed by atoms with E-state index in [0.29, 0.717) is 18.8 Å². The van der Waals surface area contributed by atoms with E-state index in [4.69, 9.17) is 5.73 Å². The van der Waals surface area contributed by atoms with Crippen LogP contribution < -0.4 is 11.1 Å². The normalized spacial score (nSPS) is 16.2. The first-order chi connectivity index (χ1) is 11.6. The highest BCUT2D eigenvalue weighted by Gasteiger charge is 2.22. The lowest BCUT2D eigenvalue weighted by molar-refractivity contribution is -0.127. The van der Waals surface area contributed by atoms with E-state index in [2.05, 4.69) is 5.32 Å². The summed E-state index contributed by atoms with van der Waals surface area (Å²) < 4.78 is 0. The number of carbonyl (C=O) groups excluding carboxylic acids is 2. The molecule has 0 spiro atoms. The molecule has 1 saturated carbocycles. The standard InChI is InChI=1S/C20H24N2O2/c21-20(24)18(22-19(23)13-14-5-1-2-6-14)12-15-9-10-16-7-3-4-8-17(16)11-15/h3-4,7-11,14,18H,1-2,5-6,12-13H2,(H2,21,24)(H,22,23)/t18-/m1/s1. The Morgan fingerprint density at radius 2 is 1.79 bits per heavy atom. The van der Waals surface area contributed by atoms with Gasteiger partial charge in [-0.05, 0) is 35.1 Å². The van der Waals surface area contributed by atoms with Crippen molar-refractivity contribution in [2.24, 2.45) is 11.7 Å². The molecule has 3 rings (SSSR count). The van der Waals surface area contributed by atoms with Crippen LogP contribution in [0.1, 0.15) is 37.7 Å². The topological polar surface area (TPSA) is 72.2 Å². The highest BCUT2D eigenvalue weighted by atomic mass is 16.2. The lowest BCUT2D eigenvalue weighted by atomic mass is 10.00. The van der Waals surface area contributed by atoms with Gasteiger partial charge in [0, 0.05) is 12.8 Å². The Bertz CT molecular complexity index is 735. The minimum absolute atomic E-state index is 0.0634. The summed E-state index contributed by atoms with van der Waals surface area (Å²) in [4.78, 5) is 23.9. The van der Waals surface area contributed by atoms with Gasteiger partial charge in [0.05, 0.1) is 0 Å². The molecule has 0 aliphatic heterocycles. The van der Waals surface area contributed by atoms with Crippen LogP contribution in [-0.4, -0.2) is 17.9 Å². The third-order valence-electron chi connectivity index (χ3n) is 4.88. The smallest absolute Gasteiger partial charge is 0.240 e. The van der Waals surface area contributed by atoms with Crippen LogP contribution in [0.4, 0.5) is 0 Å². The number of amides is 2. The average molecular weight is 324 g/mol. The highest BCUT2D eigenvalue weighted by Crippen LogP contribution is 2.27. The quantitative estimate of drug-likeness (QED) is 0.857. The largest absolute Gasteiger partial charge is 0.368 e. The molecule has 0 heterocycles. The number of hydrogen-bond acceptors (Lipinski definition) is 2. The van der Waals surface area contributed by atoms with Gasteiger partial charge in [-0.15, -0.1) is 0 Å². The summed E-state index contributed by atoms with van der Waals surface area (Å²) in [7, 11) is 0. The van der Waals surface area contributed by atoms with E-state index in [0.717, 1.165) is 29.2 Å². The fourth-order valence-electron chi connectivity index (χ4n) is 3.55. The predicted octanol–water partition coefficient (Wildman–Crippen LogP) is 2.93. The zero-order valence-electron chi connectivity index (χ0n) is 13.8. The lowest BCUT2D eigenvalue weighted by Crippen LogP contribution is -2.46. The van der Waals surface area contributed by atoms with Gasteiger partial charge in [0.2, 0.25) is 11.8 Å². The monoisotopic (exact) mass is 324 g/mol. The first kappa shape index (κ1) is 16.5. The molecule has 1 aliphatic rings. The highest BCUT2D eigenvalue weighted by molar-refractivity contribution is 5.87. The molecule has 0 unspecified atom stereocenters. The fourth-order valence-corrected chi connectivity index (χ4v) is 3.55. The van der Waals surface area contributed by atoms with Gasteiger partial charge in [0.1, 0.15) is 6.04 Å². The van der Waals surface area contributed by atoms with E-state index in [1.807, 2.05) is 42.5 Å². The zero-order valence-corrected chi connectivity index (χ0v) is 13.8. The molecule has 1 fully saturated rings. The van der Waals surface area contributed by atoms with Crippen LogP contribution in [-0.2, 0) is 16.0 Å². The van der Waals surface area contributed by atoms with Gasteiger partial charge in [-0.3, -0.25) is 9.59 Å².